The molecule has 1 aliphatic heterocycles. The van der Waals surface area contributed by atoms with Gasteiger partial charge in [-0.25, -0.2) is 4.39 Å². The van der Waals surface area contributed by atoms with Gasteiger partial charge < -0.3 is 14.5 Å². The second kappa shape index (κ2) is 11.3. The predicted molar refractivity (Wildman–Crippen MR) is 146 cm³/mol. The van der Waals surface area contributed by atoms with Crippen LogP contribution in [0.1, 0.15) is 28.8 Å². The van der Waals surface area contributed by atoms with E-state index in [9.17, 15) is 9.18 Å². The van der Waals surface area contributed by atoms with Crippen molar-refractivity contribution >= 4 is 22.8 Å². The molecule has 0 bridgehead atoms. The predicted octanol–water partition coefficient (Wildman–Crippen LogP) is 5.18. The molecule has 192 valence electrons. The summed E-state index contributed by atoms with van der Waals surface area (Å²) in [5, 5.41) is 4.33. The summed E-state index contributed by atoms with van der Waals surface area (Å²) in [6, 6.07) is 16.8. The largest absolute Gasteiger partial charge is 0.480 e. The fourth-order valence-corrected chi connectivity index (χ4v) is 4.47. The number of allylic oxidation sites excluding steroid dienone is 2. The normalized spacial score (nSPS) is 13.8. The van der Waals surface area contributed by atoms with Crippen molar-refractivity contribution in [2.75, 3.05) is 33.8 Å². The fourth-order valence-electron chi connectivity index (χ4n) is 4.47. The number of halogens is 1. The average molecular weight is 501 g/mol. The highest BCUT2D eigenvalue weighted by Crippen LogP contribution is 2.27. The van der Waals surface area contributed by atoms with Gasteiger partial charge in [-0.2, -0.15) is 0 Å². The van der Waals surface area contributed by atoms with Crippen LogP contribution in [0.4, 0.5) is 4.39 Å². The highest BCUT2D eigenvalue weighted by Gasteiger charge is 2.22. The first-order valence-corrected chi connectivity index (χ1v) is 12.3. The lowest BCUT2D eigenvalue weighted by molar-refractivity contribution is -0.131. The molecule has 37 heavy (non-hydrogen) atoms. The van der Waals surface area contributed by atoms with Gasteiger partial charge in [-0.3, -0.25) is 9.48 Å². The number of carbonyl (C=O) groups is 1. The number of hydrogen-bond donors (Lipinski definition) is 0. The van der Waals surface area contributed by atoms with Gasteiger partial charge in [-0.05, 0) is 59.4 Å². The molecule has 0 atom stereocenters. The van der Waals surface area contributed by atoms with E-state index in [0.29, 0.717) is 24.5 Å². The van der Waals surface area contributed by atoms with Crippen LogP contribution in [-0.4, -0.2) is 59.3 Å². The Morgan fingerprint density at radius 2 is 1.95 bits per heavy atom. The first-order chi connectivity index (χ1) is 17.8. The van der Waals surface area contributed by atoms with Crippen molar-refractivity contribution in [2.45, 2.75) is 13.3 Å². The average Bonchev–Trinajstić information content (AvgIpc) is 3.29. The van der Waals surface area contributed by atoms with Crippen molar-refractivity contribution in [1.29, 1.82) is 0 Å². The third-order valence-corrected chi connectivity index (χ3v) is 6.65. The smallest absolute Gasteiger partial charge is 0.242 e. The number of benzene rings is 2. The number of likely N-dealkylation sites (N-methyl/N-ethyl adjacent to an activating group) is 1. The summed E-state index contributed by atoms with van der Waals surface area (Å²) in [7, 11) is 5.41. The number of aromatic nitrogens is 2. The SMILES string of the molecule is C=C(/C=C(/c1ccccc1)N(C)CC(=O)N1CC=C(c2cc(OC)nn2C)CC1)c1ccc(F)c(C)c1. The maximum atomic E-state index is 13.8. The van der Waals surface area contributed by atoms with Gasteiger partial charge in [0.1, 0.15) is 5.82 Å². The topological polar surface area (TPSA) is 50.6 Å². The molecule has 2 aromatic carbocycles. The van der Waals surface area contributed by atoms with E-state index in [1.807, 2.05) is 71.1 Å². The van der Waals surface area contributed by atoms with E-state index in [1.165, 1.54) is 6.07 Å². The van der Waals surface area contributed by atoms with Crippen LogP contribution in [0.3, 0.4) is 0 Å². The van der Waals surface area contributed by atoms with Crippen LogP contribution in [0.2, 0.25) is 0 Å². The Bertz CT molecular complexity index is 1360. The Morgan fingerprint density at radius 1 is 1.19 bits per heavy atom. The summed E-state index contributed by atoms with van der Waals surface area (Å²) in [5.41, 5.74) is 6.17. The van der Waals surface area contributed by atoms with Crippen LogP contribution in [0.25, 0.3) is 16.8 Å². The van der Waals surface area contributed by atoms with E-state index in [2.05, 4.69) is 17.8 Å². The van der Waals surface area contributed by atoms with Crippen LogP contribution in [0.5, 0.6) is 5.88 Å². The number of rotatable bonds is 8. The number of carbonyl (C=O) groups excluding carboxylic acids is 1. The van der Waals surface area contributed by atoms with Gasteiger partial charge >= 0.3 is 0 Å². The monoisotopic (exact) mass is 500 g/mol. The third kappa shape index (κ3) is 6.00. The fraction of sp³-hybridized carbons (Fsp3) is 0.267. The van der Waals surface area contributed by atoms with Gasteiger partial charge in [0, 0.05) is 38.9 Å². The molecule has 4 rings (SSSR count). The summed E-state index contributed by atoms with van der Waals surface area (Å²) in [5.74, 6) is 0.384. The quantitative estimate of drug-likeness (QED) is 0.400. The van der Waals surface area contributed by atoms with Gasteiger partial charge in [0.05, 0.1) is 19.3 Å². The number of methoxy groups -OCH3 is 1. The van der Waals surface area contributed by atoms with Crippen molar-refractivity contribution in [3.8, 4) is 5.88 Å². The lowest BCUT2D eigenvalue weighted by Gasteiger charge is -2.30. The molecular formula is C30H33FN4O2. The van der Waals surface area contributed by atoms with E-state index < -0.39 is 0 Å². The Kier molecular flexibility index (Phi) is 7.92. The second-order valence-electron chi connectivity index (χ2n) is 9.26. The minimum absolute atomic E-state index is 0.0467. The second-order valence-corrected chi connectivity index (χ2v) is 9.26. The van der Waals surface area contributed by atoms with Gasteiger partial charge in [0.25, 0.3) is 0 Å². The number of ether oxygens (including phenoxy) is 1. The number of hydrogen-bond acceptors (Lipinski definition) is 4. The van der Waals surface area contributed by atoms with Crippen LogP contribution in [0, 0.1) is 12.7 Å². The molecule has 0 fully saturated rings. The third-order valence-electron chi connectivity index (χ3n) is 6.65. The van der Waals surface area contributed by atoms with Crippen LogP contribution < -0.4 is 4.74 Å². The van der Waals surface area contributed by atoms with Crippen molar-refractivity contribution in [3.63, 3.8) is 0 Å². The molecule has 0 saturated heterocycles. The van der Waals surface area contributed by atoms with Gasteiger partial charge in [0.15, 0.2) is 0 Å². The van der Waals surface area contributed by atoms with E-state index in [4.69, 9.17) is 4.74 Å². The summed E-state index contributed by atoms with van der Waals surface area (Å²) >= 11 is 0. The molecule has 1 aliphatic rings. The minimum Gasteiger partial charge on any atom is -0.480 e. The summed E-state index contributed by atoms with van der Waals surface area (Å²) < 4.78 is 20.8. The van der Waals surface area contributed by atoms with Gasteiger partial charge in [-0.1, -0.05) is 49.1 Å². The lowest BCUT2D eigenvalue weighted by Crippen LogP contribution is -2.40. The lowest BCUT2D eigenvalue weighted by atomic mass is 10.0. The van der Waals surface area contributed by atoms with Crippen LogP contribution in [-0.2, 0) is 11.8 Å². The molecule has 1 amide bonds. The summed E-state index contributed by atoms with van der Waals surface area (Å²) in [6.07, 6.45) is 4.80. The zero-order chi connectivity index (χ0) is 26.5. The highest BCUT2D eigenvalue weighted by atomic mass is 19.1. The number of aryl methyl sites for hydroxylation is 2. The van der Waals surface area contributed by atoms with Crippen molar-refractivity contribution in [1.82, 2.24) is 19.6 Å². The van der Waals surface area contributed by atoms with E-state index >= 15 is 0 Å². The molecular weight excluding hydrogens is 467 g/mol. The first kappa shape index (κ1) is 25.9. The van der Waals surface area contributed by atoms with Crippen LogP contribution in [0.15, 0.2) is 73.3 Å². The molecule has 3 aromatic rings. The van der Waals surface area contributed by atoms with Crippen LogP contribution >= 0.6 is 0 Å². The van der Waals surface area contributed by atoms with E-state index in [1.54, 1.807) is 26.2 Å². The number of amides is 1. The zero-order valence-electron chi connectivity index (χ0n) is 21.9. The Balaban J connectivity index is 1.50. The Labute approximate surface area is 218 Å². The maximum Gasteiger partial charge on any atom is 0.242 e. The number of nitrogens with zero attached hydrogens (tertiary/aromatic N) is 4. The van der Waals surface area contributed by atoms with Gasteiger partial charge in [0.2, 0.25) is 11.8 Å². The molecule has 0 aliphatic carbocycles. The molecule has 1 aromatic heterocycles. The first-order valence-electron chi connectivity index (χ1n) is 12.3. The summed E-state index contributed by atoms with van der Waals surface area (Å²) in [6.45, 7) is 7.36. The van der Waals surface area contributed by atoms with Crippen molar-refractivity contribution < 1.29 is 13.9 Å². The molecule has 2 heterocycles. The molecule has 0 saturated carbocycles. The zero-order valence-corrected chi connectivity index (χ0v) is 21.9. The Hall–Kier alpha value is -4.13. The maximum absolute atomic E-state index is 13.8. The molecule has 0 radical (unpaired) electrons. The minimum atomic E-state index is -0.243. The summed E-state index contributed by atoms with van der Waals surface area (Å²) in [4.78, 5) is 17.1. The van der Waals surface area contributed by atoms with E-state index in [0.717, 1.165) is 40.1 Å². The molecule has 0 unspecified atom stereocenters. The molecule has 6 nitrogen and oxygen atoms in total. The Morgan fingerprint density at radius 3 is 2.57 bits per heavy atom. The standard InChI is InChI=1S/C30H33FN4O2/c1-21(25-11-12-26(31)22(2)17-25)18-27(23-9-7-6-8-10-23)33(3)20-30(36)35-15-13-24(14-16-35)28-19-29(37-5)32-34(28)4/h6-13,17-19H,1,14-16,20H2,2-5H3/b27-18-. The molecule has 0 spiro atoms. The van der Waals surface area contributed by atoms with Crippen molar-refractivity contribution in [3.05, 3.63) is 102 Å². The molecule has 0 N–H and O–H groups in total. The van der Waals surface area contributed by atoms with Crippen molar-refractivity contribution in [2.24, 2.45) is 7.05 Å². The highest BCUT2D eigenvalue weighted by molar-refractivity contribution is 5.85. The molecule has 7 heteroatoms. The van der Waals surface area contributed by atoms with E-state index in [-0.39, 0.29) is 18.3 Å². The van der Waals surface area contributed by atoms with Gasteiger partial charge in [-0.15, -0.1) is 5.10 Å².